The summed E-state index contributed by atoms with van der Waals surface area (Å²) in [6, 6.07) is 4.00. The van der Waals surface area contributed by atoms with Gasteiger partial charge in [0.2, 0.25) is 5.91 Å². The summed E-state index contributed by atoms with van der Waals surface area (Å²) in [5, 5.41) is 3.02. The van der Waals surface area contributed by atoms with E-state index in [1.165, 1.54) is 0 Å². The molecule has 2 heterocycles. The molecule has 1 amide bonds. The molecule has 0 saturated heterocycles. The largest absolute Gasteiger partial charge is 0.324 e. The van der Waals surface area contributed by atoms with Gasteiger partial charge in [-0.05, 0) is 31.2 Å². The highest BCUT2D eigenvalue weighted by atomic mass is 16.1. The van der Waals surface area contributed by atoms with Crippen molar-refractivity contribution in [1.82, 2.24) is 9.88 Å². The summed E-state index contributed by atoms with van der Waals surface area (Å²) in [6.07, 6.45) is 10.4. The Morgan fingerprint density at radius 1 is 1.26 bits per heavy atom. The van der Waals surface area contributed by atoms with Gasteiger partial charge in [-0.25, -0.2) is 0 Å². The van der Waals surface area contributed by atoms with E-state index in [1.807, 2.05) is 31.3 Å². The van der Waals surface area contributed by atoms with Gasteiger partial charge < -0.3 is 9.88 Å². The van der Waals surface area contributed by atoms with Crippen LogP contribution in [0, 0.1) is 5.41 Å². The van der Waals surface area contributed by atoms with Crippen molar-refractivity contribution in [3.8, 4) is 0 Å². The number of carbonyl (C=O) groups excluding carboxylic acids is 1. The van der Waals surface area contributed by atoms with Crippen LogP contribution in [-0.4, -0.2) is 10.5 Å². The Balaban J connectivity index is 2.21. The first-order valence-electron chi connectivity index (χ1n) is 6.59. The summed E-state index contributed by atoms with van der Waals surface area (Å²) in [4.78, 5) is 12.2. The molecule has 1 aliphatic carbocycles. The van der Waals surface area contributed by atoms with Crippen LogP contribution in [0.15, 0.2) is 48.3 Å². The normalized spacial score (nSPS) is 24.4. The molecule has 1 unspecified atom stereocenters. The number of aromatic nitrogens is 1. The first-order valence-corrected chi connectivity index (χ1v) is 6.59. The van der Waals surface area contributed by atoms with Crippen LogP contribution in [0.3, 0.4) is 0 Å². The number of carbonyl (C=O) groups is 1. The van der Waals surface area contributed by atoms with Gasteiger partial charge in [0.05, 0.1) is 17.3 Å². The van der Waals surface area contributed by atoms with Crippen molar-refractivity contribution in [2.75, 3.05) is 0 Å². The minimum Gasteiger partial charge on any atom is -0.324 e. The summed E-state index contributed by atoms with van der Waals surface area (Å²) >= 11 is 0. The number of allylic oxidation sites excluding steroid dienone is 5. The first kappa shape index (κ1) is 12.0. The Bertz CT molecular complexity index is 629. The van der Waals surface area contributed by atoms with Crippen molar-refractivity contribution >= 4 is 11.6 Å². The third-order valence-electron chi connectivity index (χ3n) is 3.76. The van der Waals surface area contributed by atoms with E-state index in [0.29, 0.717) is 0 Å². The predicted molar refractivity (Wildman–Crippen MR) is 76.3 cm³/mol. The number of amides is 1. The molecule has 1 atom stereocenters. The number of hydrogen-bond donors (Lipinski definition) is 1. The molecule has 1 N–H and O–H groups in total. The minimum atomic E-state index is -0.142. The predicted octanol–water partition coefficient (Wildman–Crippen LogP) is 3.04. The van der Waals surface area contributed by atoms with Crippen molar-refractivity contribution in [1.29, 1.82) is 0 Å². The molecule has 0 aromatic carbocycles. The second kappa shape index (κ2) is 3.98. The van der Waals surface area contributed by atoms with Gasteiger partial charge in [0.1, 0.15) is 0 Å². The van der Waals surface area contributed by atoms with E-state index in [0.717, 1.165) is 17.1 Å². The van der Waals surface area contributed by atoms with Gasteiger partial charge in [-0.1, -0.05) is 26.0 Å². The smallest absolute Gasteiger partial charge is 0.233 e. The maximum Gasteiger partial charge on any atom is 0.233 e. The van der Waals surface area contributed by atoms with E-state index < -0.39 is 0 Å². The molecule has 98 valence electrons. The molecular formula is C16H18N2O. The lowest BCUT2D eigenvalue weighted by atomic mass is 9.93. The lowest BCUT2D eigenvalue weighted by molar-refractivity contribution is -0.121. The highest BCUT2D eigenvalue weighted by molar-refractivity contribution is 5.89. The zero-order chi connectivity index (χ0) is 13.6. The van der Waals surface area contributed by atoms with Gasteiger partial charge in [0.25, 0.3) is 0 Å². The van der Waals surface area contributed by atoms with Crippen molar-refractivity contribution in [2.24, 2.45) is 5.41 Å². The second-order valence-electron chi connectivity index (χ2n) is 5.80. The number of nitrogens with one attached hydrogen (secondary N) is 1. The van der Waals surface area contributed by atoms with Gasteiger partial charge in [0.15, 0.2) is 0 Å². The highest BCUT2D eigenvalue weighted by Crippen LogP contribution is 2.31. The van der Waals surface area contributed by atoms with Crippen molar-refractivity contribution in [3.05, 3.63) is 54.0 Å². The average Bonchev–Trinajstić information content (AvgIpc) is 2.74. The third-order valence-corrected chi connectivity index (χ3v) is 3.76. The quantitative estimate of drug-likeness (QED) is 0.758. The van der Waals surface area contributed by atoms with Crippen LogP contribution in [0.1, 0.15) is 32.4 Å². The summed E-state index contributed by atoms with van der Waals surface area (Å²) in [6.45, 7) is 6.23. The monoisotopic (exact) mass is 254 g/mol. The van der Waals surface area contributed by atoms with Gasteiger partial charge in [0, 0.05) is 17.3 Å². The lowest BCUT2D eigenvalue weighted by Crippen LogP contribution is -2.25. The van der Waals surface area contributed by atoms with Crippen molar-refractivity contribution in [3.63, 3.8) is 0 Å². The summed E-state index contributed by atoms with van der Waals surface area (Å²) < 4.78 is 2.10. The average molecular weight is 254 g/mol. The third kappa shape index (κ3) is 1.95. The summed E-state index contributed by atoms with van der Waals surface area (Å²) in [7, 11) is 0. The topological polar surface area (TPSA) is 34.0 Å². The molecule has 3 nitrogen and oxygen atoms in total. The van der Waals surface area contributed by atoms with Crippen LogP contribution in [-0.2, 0) is 4.79 Å². The molecule has 3 heteroatoms. The number of fused-ring (bicyclic) bond motifs is 2. The van der Waals surface area contributed by atoms with Gasteiger partial charge >= 0.3 is 0 Å². The van der Waals surface area contributed by atoms with Crippen LogP contribution in [0.5, 0.6) is 0 Å². The molecule has 1 aliphatic heterocycles. The molecule has 3 rings (SSSR count). The highest BCUT2D eigenvalue weighted by Gasteiger charge is 2.26. The summed E-state index contributed by atoms with van der Waals surface area (Å²) in [5.74, 6) is -0.0977. The molecular weight excluding hydrogens is 236 g/mol. The second-order valence-corrected chi connectivity index (χ2v) is 5.80. The SMILES string of the molecule is CC1C(=O)NC2=C(C=CC(C)(C)C=C2)n2cccc21. The Kier molecular flexibility index (Phi) is 2.52. The number of nitrogens with zero attached hydrogens (tertiary/aromatic N) is 1. The Morgan fingerprint density at radius 3 is 2.79 bits per heavy atom. The molecule has 0 fully saturated rings. The molecule has 19 heavy (non-hydrogen) atoms. The maximum absolute atomic E-state index is 12.2. The maximum atomic E-state index is 12.2. The molecule has 1 aromatic rings. The van der Waals surface area contributed by atoms with Gasteiger partial charge in [-0.2, -0.15) is 0 Å². The zero-order valence-electron chi connectivity index (χ0n) is 11.5. The van der Waals surface area contributed by atoms with Crippen LogP contribution in [0.25, 0.3) is 5.70 Å². The van der Waals surface area contributed by atoms with Crippen LogP contribution in [0.2, 0.25) is 0 Å². The Labute approximate surface area is 113 Å². The van der Waals surface area contributed by atoms with E-state index in [1.54, 1.807) is 0 Å². The fourth-order valence-corrected chi connectivity index (χ4v) is 2.48. The van der Waals surface area contributed by atoms with Crippen LogP contribution < -0.4 is 5.32 Å². The first-order chi connectivity index (χ1) is 8.98. The van der Waals surface area contributed by atoms with Gasteiger partial charge in [-0.15, -0.1) is 0 Å². The van der Waals surface area contributed by atoms with Crippen LogP contribution >= 0.6 is 0 Å². The Morgan fingerprint density at radius 2 is 2.00 bits per heavy atom. The fourth-order valence-electron chi connectivity index (χ4n) is 2.48. The van der Waals surface area contributed by atoms with E-state index >= 15 is 0 Å². The molecule has 0 saturated carbocycles. The van der Waals surface area contributed by atoms with Crippen molar-refractivity contribution in [2.45, 2.75) is 26.7 Å². The van der Waals surface area contributed by atoms with E-state index in [2.05, 4.69) is 42.0 Å². The standard InChI is InChI=1S/C16H18N2O/c1-11-13-5-4-10-18(13)14-7-9-16(2,3)8-6-12(14)17-15(11)19/h4-11H,1-3H3,(H,17,19). The number of rotatable bonds is 0. The van der Waals surface area contributed by atoms with Gasteiger partial charge in [-0.3, -0.25) is 4.79 Å². The summed E-state index contributed by atoms with van der Waals surface area (Å²) in [5.41, 5.74) is 2.92. The molecule has 2 aliphatic rings. The zero-order valence-corrected chi connectivity index (χ0v) is 11.5. The molecule has 1 aromatic heterocycles. The molecule has 0 spiro atoms. The minimum absolute atomic E-state index is 0.00411. The molecule has 0 bridgehead atoms. The van der Waals surface area contributed by atoms with E-state index in [9.17, 15) is 4.79 Å². The number of hydrogen-bond acceptors (Lipinski definition) is 1. The van der Waals surface area contributed by atoms with E-state index in [4.69, 9.17) is 0 Å². The van der Waals surface area contributed by atoms with E-state index in [-0.39, 0.29) is 17.2 Å². The lowest BCUT2D eigenvalue weighted by Gasteiger charge is -2.14. The Hall–Kier alpha value is -2.03. The fraction of sp³-hybridized carbons (Fsp3) is 0.312. The van der Waals surface area contributed by atoms with Crippen LogP contribution in [0.4, 0.5) is 0 Å². The van der Waals surface area contributed by atoms with Crippen molar-refractivity contribution < 1.29 is 4.79 Å². The molecule has 0 radical (unpaired) electrons.